The SMILES string of the molecule is ON=Cc1cc(Cl)ccc1OCc1cccc2ccccc12. The van der Waals surface area contributed by atoms with Crippen LogP contribution in [0.1, 0.15) is 11.1 Å². The Balaban J connectivity index is 1.88. The number of halogens is 1. The molecule has 0 amide bonds. The average molecular weight is 312 g/mol. The van der Waals surface area contributed by atoms with E-state index in [1.54, 1.807) is 18.2 Å². The predicted octanol–water partition coefficient (Wildman–Crippen LogP) is 4.88. The molecule has 3 rings (SSSR count). The Hall–Kier alpha value is -2.52. The third-order valence-corrected chi connectivity index (χ3v) is 3.67. The van der Waals surface area contributed by atoms with Gasteiger partial charge >= 0.3 is 0 Å². The minimum absolute atomic E-state index is 0.426. The number of fused-ring (bicyclic) bond motifs is 1. The topological polar surface area (TPSA) is 41.8 Å². The van der Waals surface area contributed by atoms with Gasteiger partial charge in [0, 0.05) is 10.6 Å². The smallest absolute Gasteiger partial charge is 0.128 e. The molecule has 0 saturated heterocycles. The molecule has 0 heterocycles. The Morgan fingerprint density at radius 3 is 2.73 bits per heavy atom. The minimum Gasteiger partial charge on any atom is -0.488 e. The first kappa shape index (κ1) is 14.4. The van der Waals surface area contributed by atoms with Crippen molar-refractivity contribution in [2.24, 2.45) is 5.16 Å². The van der Waals surface area contributed by atoms with Gasteiger partial charge in [0.1, 0.15) is 12.4 Å². The first-order valence-electron chi connectivity index (χ1n) is 6.84. The van der Waals surface area contributed by atoms with Crippen LogP contribution in [0.2, 0.25) is 5.02 Å². The van der Waals surface area contributed by atoms with Crippen molar-refractivity contribution in [1.29, 1.82) is 0 Å². The molecule has 22 heavy (non-hydrogen) atoms. The number of hydrogen-bond donors (Lipinski definition) is 1. The largest absolute Gasteiger partial charge is 0.488 e. The Kier molecular flexibility index (Phi) is 4.26. The summed E-state index contributed by atoms with van der Waals surface area (Å²) in [6.45, 7) is 0.426. The molecule has 0 radical (unpaired) electrons. The summed E-state index contributed by atoms with van der Waals surface area (Å²) < 4.78 is 5.88. The summed E-state index contributed by atoms with van der Waals surface area (Å²) in [6.07, 6.45) is 1.31. The zero-order valence-electron chi connectivity index (χ0n) is 11.7. The van der Waals surface area contributed by atoms with Crippen LogP contribution in [0.25, 0.3) is 10.8 Å². The first-order chi connectivity index (χ1) is 10.8. The summed E-state index contributed by atoms with van der Waals surface area (Å²) in [6, 6.07) is 19.5. The van der Waals surface area contributed by atoms with Gasteiger partial charge < -0.3 is 9.94 Å². The fourth-order valence-corrected chi connectivity index (χ4v) is 2.57. The van der Waals surface area contributed by atoms with Crippen LogP contribution in [-0.2, 0) is 6.61 Å². The van der Waals surface area contributed by atoms with Gasteiger partial charge in [-0.1, -0.05) is 59.2 Å². The molecule has 0 fully saturated rings. The number of rotatable bonds is 4. The van der Waals surface area contributed by atoms with Gasteiger partial charge in [-0.2, -0.15) is 0 Å². The second-order valence-electron chi connectivity index (χ2n) is 4.85. The van der Waals surface area contributed by atoms with Crippen LogP contribution in [-0.4, -0.2) is 11.4 Å². The molecule has 0 unspecified atom stereocenters. The Morgan fingerprint density at radius 1 is 1.05 bits per heavy atom. The molecule has 0 bridgehead atoms. The molecule has 4 heteroatoms. The van der Waals surface area contributed by atoms with Crippen LogP contribution < -0.4 is 4.74 Å². The number of ether oxygens (including phenoxy) is 1. The third-order valence-electron chi connectivity index (χ3n) is 3.43. The lowest BCUT2D eigenvalue weighted by Gasteiger charge is -2.11. The number of nitrogens with zero attached hydrogens (tertiary/aromatic N) is 1. The summed E-state index contributed by atoms with van der Waals surface area (Å²) in [7, 11) is 0. The molecule has 0 spiro atoms. The maximum Gasteiger partial charge on any atom is 0.128 e. The lowest BCUT2D eigenvalue weighted by molar-refractivity contribution is 0.305. The van der Waals surface area contributed by atoms with Crippen molar-refractivity contribution >= 4 is 28.6 Å². The van der Waals surface area contributed by atoms with Crippen LogP contribution in [0.3, 0.4) is 0 Å². The van der Waals surface area contributed by atoms with Crippen LogP contribution in [0.5, 0.6) is 5.75 Å². The van der Waals surface area contributed by atoms with Crippen LogP contribution in [0.4, 0.5) is 0 Å². The maximum absolute atomic E-state index is 8.73. The number of oxime groups is 1. The average Bonchev–Trinajstić information content (AvgIpc) is 2.54. The van der Waals surface area contributed by atoms with E-state index >= 15 is 0 Å². The van der Waals surface area contributed by atoms with E-state index in [-0.39, 0.29) is 0 Å². The lowest BCUT2D eigenvalue weighted by atomic mass is 10.1. The van der Waals surface area contributed by atoms with E-state index in [9.17, 15) is 0 Å². The minimum atomic E-state index is 0.426. The van der Waals surface area contributed by atoms with E-state index in [2.05, 4.69) is 23.4 Å². The summed E-state index contributed by atoms with van der Waals surface area (Å²) in [5.74, 6) is 0.620. The highest BCUT2D eigenvalue weighted by atomic mass is 35.5. The van der Waals surface area contributed by atoms with Gasteiger partial charge in [-0.25, -0.2) is 0 Å². The molecule has 0 aromatic heterocycles. The summed E-state index contributed by atoms with van der Waals surface area (Å²) in [5, 5.41) is 14.7. The molecular weight excluding hydrogens is 298 g/mol. The fraction of sp³-hybridized carbons (Fsp3) is 0.0556. The van der Waals surface area contributed by atoms with Gasteiger partial charge in [-0.3, -0.25) is 0 Å². The number of hydrogen-bond acceptors (Lipinski definition) is 3. The molecule has 0 aliphatic carbocycles. The van der Waals surface area contributed by atoms with Crippen LogP contribution in [0.15, 0.2) is 65.8 Å². The lowest BCUT2D eigenvalue weighted by Crippen LogP contribution is -1.99. The quantitative estimate of drug-likeness (QED) is 0.424. The summed E-state index contributed by atoms with van der Waals surface area (Å²) in [4.78, 5) is 0. The highest BCUT2D eigenvalue weighted by Gasteiger charge is 2.06. The monoisotopic (exact) mass is 311 g/mol. The van der Waals surface area contributed by atoms with Crippen molar-refractivity contribution in [3.63, 3.8) is 0 Å². The van der Waals surface area contributed by atoms with E-state index in [1.165, 1.54) is 11.6 Å². The van der Waals surface area contributed by atoms with E-state index < -0.39 is 0 Å². The highest BCUT2D eigenvalue weighted by molar-refractivity contribution is 6.30. The predicted molar refractivity (Wildman–Crippen MR) is 89.1 cm³/mol. The first-order valence-corrected chi connectivity index (χ1v) is 7.22. The van der Waals surface area contributed by atoms with Crippen molar-refractivity contribution in [1.82, 2.24) is 0 Å². The van der Waals surface area contributed by atoms with E-state index in [4.69, 9.17) is 21.5 Å². The van der Waals surface area contributed by atoms with Gasteiger partial charge in [0.2, 0.25) is 0 Å². The van der Waals surface area contributed by atoms with Gasteiger partial charge in [-0.15, -0.1) is 0 Å². The normalized spacial score (nSPS) is 11.1. The number of benzene rings is 3. The Morgan fingerprint density at radius 2 is 1.86 bits per heavy atom. The molecule has 3 aromatic carbocycles. The standard InChI is InChI=1S/C18H14ClNO2/c19-16-8-9-18(15(10-16)11-20-21)22-12-14-6-3-5-13-4-1-2-7-17(13)14/h1-11,21H,12H2. The van der Waals surface area contributed by atoms with Crippen LogP contribution in [0, 0.1) is 0 Å². The highest BCUT2D eigenvalue weighted by Crippen LogP contribution is 2.24. The zero-order chi connectivity index (χ0) is 15.4. The van der Waals surface area contributed by atoms with Gasteiger partial charge in [0.05, 0.1) is 6.21 Å². The van der Waals surface area contributed by atoms with Crippen molar-refractivity contribution in [2.75, 3.05) is 0 Å². The molecule has 3 nitrogen and oxygen atoms in total. The van der Waals surface area contributed by atoms with Crippen molar-refractivity contribution in [3.8, 4) is 5.75 Å². The van der Waals surface area contributed by atoms with Gasteiger partial charge in [0.25, 0.3) is 0 Å². The van der Waals surface area contributed by atoms with Gasteiger partial charge in [-0.05, 0) is 34.5 Å². The molecule has 0 aliphatic rings. The zero-order valence-corrected chi connectivity index (χ0v) is 12.5. The summed E-state index contributed by atoms with van der Waals surface area (Å²) in [5.41, 5.74) is 1.73. The van der Waals surface area contributed by atoms with Crippen LogP contribution >= 0.6 is 11.6 Å². The van der Waals surface area contributed by atoms with E-state index in [0.717, 1.165) is 10.9 Å². The molecule has 3 aromatic rings. The van der Waals surface area contributed by atoms with E-state index in [0.29, 0.717) is 22.9 Å². The maximum atomic E-state index is 8.73. The Bertz CT molecular complexity index is 825. The van der Waals surface area contributed by atoms with Gasteiger partial charge in [0.15, 0.2) is 0 Å². The molecule has 0 saturated carbocycles. The second-order valence-corrected chi connectivity index (χ2v) is 5.29. The van der Waals surface area contributed by atoms with Crippen molar-refractivity contribution in [2.45, 2.75) is 6.61 Å². The van der Waals surface area contributed by atoms with Crippen molar-refractivity contribution < 1.29 is 9.94 Å². The second kappa shape index (κ2) is 6.50. The third kappa shape index (κ3) is 3.05. The van der Waals surface area contributed by atoms with E-state index in [1.807, 2.05) is 24.3 Å². The molecule has 1 N–H and O–H groups in total. The summed E-state index contributed by atoms with van der Waals surface area (Å²) >= 11 is 5.95. The molecule has 0 atom stereocenters. The molecule has 110 valence electrons. The molecular formula is C18H14ClNO2. The Labute approximate surface area is 133 Å². The van der Waals surface area contributed by atoms with Crippen molar-refractivity contribution in [3.05, 3.63) is 76.8 Å². The molecule has 0 aliphatic heterocycles. The fourth-order valence-electron chi connectivity index (χ4n) is 2.39.